The maximum absolute atomic E-state index is 5.38. The second kappa shape index (κ2) is 12.6. The lowest BCUT2D eigenvalue weighted by Crippen LogP contribution is -2.04. The van der Waals surface area contributed by atoms with Gasteiger partial charge in [-0.15, -0.1) is 0 Å². The lowest BCUT2D eigenvalue weighted by molar-refractivity contribution is 1.05. The van der Waals surface area contributed by atoms with Crippen LogP contribution in [0.5, 0.6) is 0 Å². The number of allylic oxidation sites excluding steroid dienone is 5. The van der Waals surface area contributed by atoms with E-state index in [1.165, 1.54) is 38.2 Å². The molecule has 9 aromatic rings. The molecule has 0 atom stereocenters. The van der Waals surface area contributed by atoms with Crippen molar-refractivity contribution in [3.05, 3.63) is 188 Å². The Hall–Kier alpha value is -6.78. The zero-order chi connectivity index (χ0) is 34.3. The lowest BCUT2D eigenvalue weighted by Gasteiger charge is -2.14. The van der Waals surface area contributed by atoms with Gasteiger partial charge in [-0.3, -0.25) is 9.55 Å². The fourth-order valence-electron chi connectivity index (χ4n) is 7.36. The Morgan fingerprint density at radius 2 is 1.14 bits per heavy atom. The largest absolute Gasteiger partial charge is 0.309 e. The van der Waals surface area contributed by atoms with Gasteiger partial charge in [0.05, 0.1) is 34.0 Å². The van der Waals surface area contributed by atoms with E-state index in [0.717, 1.165) is 50.6 Å². The molecule has 3 heterocycles. The quantitative estimate of drug-likeness (QED) is 0.160. The van der Waals surface area contributed by atoms with E-state index in [9.17, 15) is 0 Å². The summed E-state index contributed by atoms with van der Waals surface area (Å²) in [4.78, 5) is 10.5. The fourth-order valence-corrected chi connectivity index (χ4v) is 7.36. The number of rotatable bonds is 7. The van der Waals surface area contributed by atoms with Crippen molar-refractivity contribution in [2.75, 3.05) is 0 Å². The van der Waals surface area contributed by atoms with Crippen LogP contribution in [0.1, 0.15) is 12.5 Å². The Balaban J connectivity index is 1.33. The molecule has 242 valence electrons. The summed E-state index contributed by atoms with van der Waals surface area (Å²) in [6, 6.07) is 51.5. The van der Waals surface area contributed by atoms with Gasteiger partial charge >= 0.3 is 0 Å². The van der Waals surface area contributed by atoms with Gasteiger partial charge in [-0.1, -0.05) is 140 Å². The molecule has 4 nitrogen and oxygen atoms in total. The summed E-state index contributed by atoms with van der Waals surface area (Å²) >= 11 is 0. The Bertz CT molecular complexity index is 2800. The molecule has 0 aliphatic carbocycles. The summed E-state index contributed by atoms with van der Waals surface area (Å²) in [6.45, 7) is 5.91. The molecular weight excluding hydrogens is 621 g/mol. The minimum absolute atomic E-state index is 0.804. The summed E-state index contributed by atoms with van der Waals surface area (Å²) in [5.74, 6) is 0.804. The third-order valence-electron chi connectivity index (χ3n) is 9.73. The number of nitrogens with zero attached hydrogens (tertiary/aromatic N) is 4. The molecule has 51 heavy (non-hydrogen) atoms. The fraction of sp³-hybridized carbons (Fsp3) is 0.0213. The molecule has 0 spiro atoms. The predicted molar refractivity (Wildman–Crippen MR) is 215 cm³/mol. The molecule has 9 rings (SSSR count). The van der Waals surface area contributed by atoms with Gasteiger partial charge in [0, 0.05) is 38.4 Å². The number of fused-ring (bicyclic) bond motifs is 7. The first-order chi connectivity index (χ1) is 25.2. The van der Waals surface area contributed by atoms with Crippen molar-refractivity contribution in [3.8, 4) is 34.0 Å². The minimum Gasteiger partial charge on any atom is -0.309 e. The van der Waals surface area contributed by atoms with E-state index in [1.54, 1.807) is 6.08 Å². The highest BCUT2D eigenvalue weighted by Gasteiger charge is 2.23. The van der Waals surface area contributed by atoms with Gasteiger partial charge in [-0.05, 0) is 54.5 Å². The normalized spacial score (nSPS) is 12.1. The van der Waals surface area contributed by atoms with Crippen LogP contribution in [0.4, 0.5) is 0 Å². The van der Waals surface area contributed by atoms with E-state index in [-0.39, 0.29) is 0 Å². The third kappa shape index (κ3) is 5.08. The molecule has 0 saturated carbocycles. The van der Waals surface area contributed by atoms with Crippen LogP contribution in [-0.4, -0.2) is 19.1 Å². The standard InChI is InChI=1S/C47H34N4/c1-3-4-7-16-32(2)33-25-27-36(28-26-33)50-40-23-14-12-21-37(40)44-42(50)29-30-43-45(44)38-22-13-15-24-41(38)51(43)47-46(35-19-10-6-11-20-35)48-31-39(49-47)34-17-8-5-9-18-34/h3-31H,1H2,2H3/b7-4-,32-16+. The van der Waals surface area contributed by atoms with Gasteiger partial charge in [0.25, 0.3) is 0 Å². The van der Waals surface area contributed by atoms with E-state index >= 15 is 0 Å². The van der Waals surface area contributed by atoms with E-state index in [1.807, 2.05) is 42.6 Å². The van der Waals surface area contributed by atoms with Crippen LogP contribution in [-0.2, 0) is 0 Å². The molecule has 0 aliphatic rings. The number of hydrogen-bond donors (Lipinski definition) is 0. The molecule has 0 radical (unpaired) electrons. The highest BCUT2D eigenvalue weighted by molar-refractivity contribution is 6.29. The zero-order valence-electron chi connectivity index (χ0n) is 28.2. The van der Waals surface area contributed by atoms with Gasteiger partial charge < -0.3 is 4.57 Å². The van der Waals surface area contributed by atoms with Gasteiger partial charge in [-0.2, -0.15) is 0 Å². The maximum atomic E-state index is 5.38. The van der Waals surface area contributed by atoms with Crippen LogP contribution in [0.2, 0.25) is 0 Å². The summed E-state index contributed by atoms with van der Waals surface area (Å²) in [7, 11) is 0. The smallest absolute Gasteiger partial charge is 0.165 e. The topological polar surface area (TPSA) is 35.6 Å². The number of benzene rings is 6. The summed E-state index contributed by atoms with van der Waals surface area (Å²) in [6.07, 6.45) is 9.77. The van der Waals surface area contributed by atoms with Gasteiger partial charge in [0.2, 0.25) is 0 Å². The molecule has 0 N–H and O–H groups in total. The summed E-state index contributed by atoms with van der Waals surface area (Å²) in [5.41, 5.74) is 11.7. The molecule has 4 heteroatoms. The molecule has 0 fully saturated rings. The summed E-state index contributed by atoms with van der Waals surface area (Å²) in [5, 5.41) is 4.81. The van der Waals surface area contributed by atoms with Crippen molar-refractivity contribution in [2.45, 2.75) is 6.92 Å². The first kappa shape index (κ1) is 30.3. The van der Waals surface area contributed by atoms with Crippen LogP contribution in [0, 0.1) is 0 Å². The van der Waals surface area contributed by atoms with Crippen LogP contribution < -0.4 is 0 Å². The van der Waals surface area contributed by atoms with Crippen molar-refractivity contribution >= 4 is 49.2 Å². The van der Waals surface area contributed by atoms with Crippen molar-refractivity contribution < 1.29 is 0 Å². The number of para-hydroxylation sites is 2. The van der Waals surface area contributed by atoms with E-state index in [2.05, 4.69) is 150 Å². The van der Waals surface area contributed by atoms with Gasteiger partial charge in [0.1, 0.15) is 5.69 Å². The van der Waals surface area contributed by atoms with E-state index in [4.69, 9.17) is 9.97 Å². The molecule has 0 saturated heterocycles. The highest BCUT2D eigenvalue weighted by atomic mass is 15.1. The molecule has 0 unspecified atom stereocenters. The van der Waals surface area contributed by atoms with E-state index in [0.29, 0.717) is 0 Å². The van der Waals surface area contributed by atoms with Crippen LogP contribution >= 0.6 is 0 Å². The highest BCUT2D eigenvalue weighted by Crippen LogP contribution is 2.43. The molecule has 3 aromatic heterocycles. The minimum atomic E-state index is 0.804. The second-order valence-corrected chi connectivity index (χ2v) is 12.7. The zero-order valence-corrected chi connectivity index (χ0v) is 28.2. The Kier molecular flexibility index (Phi) is 7.48. The Morgan fingerprint density at radius 3 is 1.78 bits per heavy atom. The number of hydrogen-bond acceptors (Lipinski definition) is 2. The van der Waals surface area contributed by atoms with Crippen molar-refractivity contribution in [3.63, 3.8) is 0 Å². The first-order valence-corrected chi connectivity index (χ1v) is 17.2. The number of aromatic nitrogens is 4. The van der Waals surface area contributed by atoms with Crippen molar-refractivity contribution in [2.24, 2.45) is 0 Å². The van der Waals surface area contributed by atoms with Crippen LogP contribution in [0.3, 0.4) is 0 Å². The van der Waals surface area contributed by atoms with Crippen molar-refractivity contribution in [1.82, 2.24) is 19.1 Å². The molecule has 0 amide bonds. The molecule has 0 bridgehead atoms. The summed E-state index contributed by atoms with van der Waals surface area (Å²) < 4.78 is 4.70. The second-order valence-electron chi connectivity index (χ2n) is 12.7. The molecule has 6 aromatic carbocycles. The SMILES string of the molecule is C=C/C=C\C=C(/C)c1ccc(-n2c3ccccc3c3c4c5ccccc5n(-c5nc(-c6ccccc6)cnc5-c5ccccc5)c4ccc32)cc1. The molecule has 0 aliphatic heterocycles. The molecular formula is C47H34N4. The third-order valence-corrected chi connectivity index (χ3v) is 9.73. The Morgan fingerprint density at radius 1 is 0.569 bits per heavy atom. The van der Waals surface area contributed by atoms with E-state index < -0.39 is 0 Å². The maximum Gasteiger partial charge on any atom is 0.165 e. The van der Waals surface area contributed by atoms with Crippen molar-refractivity contribution in [1.29, 1.82) is 0 Å². The average molecular weight is 655 g/mol. The Labute approximate surface area is 296 Å². The van der Waals surface area contributed by atoms with Crippen LogP contribution in [0.25, 0.3) is 83.2 Å². The first-order valence-electron chi connectivity index (χ1n) is 17.2. The lowest BCUT2D eigenvalue weighted by atomic mass is 10.1. The van der Waals surface area contributed by atoms with Gasteiger partial charge in [0.15, 0.2) is 5.82 Å². The average Bonchev–Trinajstić information content (AvgIpc) is 3.71. The van der Waals surface area contributed by atoms with Gasteiger partial charge in [-0.25, -0.2) is 4.98 Å². The monoisotopic (exact) mass is 654 g/mol. The van der Waals surface area contributed by atoms with Crippen LogP contribution in [0.15, 0.2) is 183 Å². The predicted octanol–water partition coefficient (Wildman–Crippen LogP) is 12.2.